The third-order valence-electron chi connectivity index (χ3n) is 4.01. The highest BCUT2D eigenvalue weighted by atomic mass is 79.9. The topological polar surface area (TPSA) is 74.6 Å². The van der Waals surface area contributed by atoms with E-state index in [1.165, 1.54) is 6.08 Å². The van der Waals surface area contributed by atoms with E-state index in [9.17, 15) is 4.79 Å². The minimum Gasteiger partial charge on any atom is -0.493 e. The highest BCUT2D eigenvalue weighted by molar-refractivity contribution is 9.10. The van der Waals surface area contributed by atoms with Gasteiger partial charge in [-0.15, -0.1) is 11.3 Å². The van der Waals surface area contributed by atoms with Crippen molar-refractivity contribution in [3.8, 4) is 17.2 Å². The third-order valence-corrected chi connectivity index (χ3v) is 5.69. The van der Waals surface area contributed by atoms with E-state index < -0.39 is 0 Å². The molecule has 0 aliphatic rings. The van der Waals surface area contributed by atoms with Crippen molar-refractivity contribution in [2.45, 2.75) is 6.54 Å². The Bertz CT molecular complexity index is 1000. The fourth-order valence-corrected chi connectivity index (χ4v) is 4.12. The molecule has 3 aromatic rings. The fraction of sp³-hybridized carbons (Fsp3) is 0.200. The summed E-state index contributed by atoms with van der Waals surface area (Å²) in [6.07, 6.45) is 4.78. The van der Waals surface area contributed by atoms with E-state index in [0.717, 1.165) is 14.9 Å². The minimum atomic E-state index is -0.270. The van der Waals surface area contributed by atoms with Gasteiger partial charge in [-0.3, -0.25) is 4.79 Å². The normalized spacial score (nSPS) is 10.9. The predicted octanol–water partition coefficient (Wildman–Crippen LogP) is 4.43. The summed E-state index contributed by atoms with van der Waals surface area (Å²) in [7, 11) is 4.64. The van der Waals surface area contributed by atoms with Crippen LogP contribution in [0.4, 0.5) is 5.82 Å². The Balaban J connectivity index is 1.72. The lowest BCUT2D eigenvalue weighted by molar-refractivity contribution is -0.111. The molecule has 0 radical (unpaired) electrons. The van der Waals surface area contributed by atoms with E-state index in [1.807, 2.05) is 11.4 Å². The Hall–Kier alpha value is -2.78. The summed E-state index contributed by atoms with van der Waals surface area (Å²) in [6, 6.07) is 7.32. The summed E-state index contributed by atoms with van der Waals surface area (Å²) in [6.45, 7) is 0.579. The molecule has 3 rings (SSSR count). The monoisotopic (exact) mass is 477 g/mol. The number of nitrogens with one attached hydrogen (secondary N) is 1. The van der Waals surface area contributed by atoms with Crippen LogP contribution in [-0.4, -0.2) is 37.0 Å². The van der Waals surface area contributed by atoms with Gasteiger partial charge in [-0.05, 0) is 45.8 Å². The van der Waals surface area contributed by atoms with Crippen LogP contribution in [0, 0.1) is 0 Å². The van der Waals surface area contributed by atoms with Crippen LogP contribution < -0.4 is 19.5 Å². The average Bonchev–Trinajstić information content (AvgIpc) is 3.34. The van der Waals surface area contributed by atoms with Gasteiger partial charge >= 0.3 is 0 Å². The van der Waals surface area contributed by atoms with Gasteiger partial charge in [0, 0.05) is 26.9 Å². The van der Waals surface area contributed by atoms with Gasteiger partial charge in [-0.2, -0.15) is 5.10 Å². The second kappa shape index (κ2) is 9.62. The Labute approximate surface area is 181 Å². The first-order valence-electron chi connectivity index (χ1n) is 8.58. The van der Waals surface area contributed by atoms with E-state index in [1.54, 1.807) is 67.8 Å². The number of anilines is 1. The summed E-state index contributed by atoms with van der Waals surface area (Å²) in [5.74, 6) is 1.89. The summed E-state index contributed by atoms with van der Waals surface area (Å²) >= 11 is 5.07. The molecule has 1 N–H and O–H groups in total. The van der Waals surface area contributed by atoms with Crippen molar-refractivity contribution in [2.75, 3.05) is 26.6 Å². The molecule has 0 saturated heterocycles. The third kappa shape index (κ3) is 5.18. The zero-order valence-electron chi connectivity index (χ0n) is 16.1. The van der Waals surface area contributed by atoms with Crippen molar-refractivity contribution < 1.29 is 19.0 Å². The van der Waals surface area contributed by atoms with E-state index in [2.05, 4.69) is 26.3 Å². The standard InChI is InChI=1S/C20H20BrN3O4S/c1-26-16-8-13(9-17(27-2)20(16)28-3)4-5-19(25)23-18-6-7-22-24(18)11-15-10-14(21)12-29-15/h4-10,12H,11H2,1-3H3,(H,23,25). The van der Waals surface area contributed by atoms with Crippen LogP contribution >= 0.6 is 27.3 Å². The van der Waals surface area contributed by atoms with Crippen LogP contribution in [0.25, 0.3) is 6.08 Å². The maximum Gasteiger partial charge on any atom is 0.249 e. The summed E-state index contributed by atoms with van der Waals surface area (Å²) in [5.41, 5.74) is 0.742. The fourth-order valence-electron chi connectivity index (χ4n) is 2.69. The highest BCUT2D eigenvalue weighted by Crippen LogP contribution is 2.38. The Morgan fingerprint density at radius 1 is 1.21 bits per heavy atom. The second-order valence-electron chi connectivity index (χ2n) is 5.89. The number of nitrogens with zero attached hydrogens (tertiary/aromatic N) is 2. The molecule has 0 saturated carbocycles. The molecular formula is C20H20BrN3O4S. The molecule has 1 aromatic carbocycles. The van der Waals surface area contributed by atoms with Gasteiger partial charge in [0.2, 0.25) is 11.7 Å². The molecule has 9 heteroatoms. The summed E-state index contributed by atoms with van der Waals surface area (Å²) < 4.78 is 18.7. The average molecular weight is 478 g/mol. The smallest absolute Gasteiger partial charge is 0.249 e. The molecular weight excluding hydrogens is 458 g/mol. The predicted molar refractivity (Wildman–Crippen MR) is 117 cm³/mol. The van der Waals surface area contributed by atoms with Gasteiger partial charge in [0.15, 0.2) is 11.5 Å². The number of benzene rings is 1. The van der Waals surface area contributed by atoms with E-state index in [0.29, 0.717) is 29.6 Å². The number of thiophene rings is 1. The van der Waals surface area contributed by atoms with E-state index in [-0.39, 0.29) is 5.91 Å². The largest absolute Gasteiger partial charge is 0.493 e. The van der Waals surface area contributed by atoms with Gasteiger partial charge in [0.1, 0.15) is 5.82 Å². The lowest BCUT2D eigenvalue weighted by Crippen LogP contribution is -2.13. The molecule has 0 atom stereocenters. The lowest BCUT2D eigenvalue weighted by atomic mass is 10.1. The second-order valence-corrected chi connectivity index (χ2v) is 7.80. The maximum atomic E-state index is 12.4. The number of hydrogen-bond donors (Lipinski definition) is 1. The van der Waals surface area contributed by atoms with Crippen LogP contribution in [0.5, 0.6) is 17.2 Å². The van der Waals surface area contributed by atoms with Crippen LogP contribution in [0.2, 0.25) is 0 Å². The highest BCUT2D eigenvalue weighted by Gasteiger charge is 2.12. The molecule has 0 spiro atoms. The molecule has 7 nitrogen and oxygen atoms in total. The Morgan fingerprint density at radius 2 is 1.93 bits per heavy atom. The molecule has 29 heavy (non-hydrogen) atoms. The van der Waals surface area contributed by atoms with E-state index >= 15 is 0 Å². The van der Waals surface area contributed by atoms with Crippen molar-refractivity contribution in [3.63, 3.8) is 0 Å². The molecule has 0 aliphatic heterocycles. The van der Waals surface area contributed by atoms with Crippen molar-refractivity contribution in [2.24, 2.45) is 0 Å². The van der Waals surface area contributed by atoms with Gasteiger partial charge in [-0.25, -0.2) is 4.68 Å². The number of halogens is 1. The first-order valence-corrected chi connectivity index (χ1v) is 10.2. The lowest BCUT2D eigenvalue weighted by Gasteiger charge is -2.12. The Morgan fingerprint density at radius 3 is 2.52 bits per heavy atom. The number of amides is 1. The molecule has 2 heterocycles. The molecule has 0 fully saturated rings. The number of carbonyl (C=O) groups is 1. The molecule has 2 aromatic heterocycles. The maximum absolute atomic E-state index is 12.4. The van der Waals surface area contributed by atoms with E-state index in [4.69, 9.17) is 14.2 Å². The first-order chi connectivity index (χ1) is 14.0. The minimum absolute atomic E-state index is 0.270. The Kier molecular flexibility index (Phi) is 6.95. The van der Waals surface area contributed by atoms with Crippen LogP contribution in [0.1, 0.15) is 10.4 Å². The van der Waals surface area contributed by atoms with Crippen LogP contribution in [-0.2, 0) is 11.3 Å². The number of rotatable bonds is 8. The summed E-state index contributed by atoms with van der Waals surface area (Å²) in [4.78, 5) is 13.5. The zero-order chi connectivity index (χ0) is 20.8. The zero-order valence-corrected chi connectivity index (χ0v) is 18.5. The molecule has 152 valence electrons. The first kappa shape index (κ1) is 20.9. The number of methoxy groups -OCH3 is 3. The van der Waals surface area contributed by atoms with Crippen LogP contribution in [0.15, 0.2) is 46.4 Å². The SMILES string of the molecule is COc1cc(C=CC(=O)Nc2ccnn2Cc2cc(Br)cs2)cc(OC)c1OC. The van der Waals surface area contributed by atoms with Gasteiger partial charge in [-0.1, -0.05) is 0 Å². The van der Waals surface area contributed by atoms with Gasteiger partial charge < -0.3 is 19.5 Å². The number of ether oxygens (including phenoxy) is 3. The summed E-state index contributed by atoms with van der Waals surface area (Å²) in [5, 5.41) is 9.14. The molecule has 0 bridgehead atoms. The quantitative estimate of drug-likeness (QED) is 0.485. The van der Waals surface area contributed by atoms with Gasteiger partial charge in [0.25, 0.3) is 0 Å². The molecule has 0 aliphatic carbocycles. The molecule has 1 amide bonds. The van der Waals surface area contributed by atoms with Gasteiger partial charge in [0.05, 0.1) is 34.1 Å². The number of hydrogen-bond acceptors (Lipinski definition) is 6. The van der Waals surface area contributed by atoms with Crippen molar-refractivity contribution in [1.29, 1.82) is 0 Å². The number of carbonyl (C=O) groups excluding carboxylic acids is 1. The van der Waals surface area contributed by atoms with Crippen molar-refractivity contribution in [1.82, 2.24) is 9.78 Å². The van der Waals surface area contributed by atoms with Crippen molar-refractivity contribution in [3.05, 3.63) is 56.8 Å². The van der Waals surface area contributed by atoms with Crippen molar-refractivity contribution >= 4 is 45.1 Å². The number of aromatic nitrogens is 2. The molecule has 0 unspecified atom stereocenters. The van der Waals surface area contributed by atoms with Crippen LogP contribution in [0.3, 0.4) is 0 Å².